The summed E-state index contributed by atoms with van der Waals surface area (Å²) in [5.74, 6) is -1.34. The molecule has 0 fully saturated rings. The van der Waals surface area contributed by atoms with E-state index in [9.17, 15) is 9.18 Å². The third kappa shape index (κ3) is 2.62. The molecule has 0 bridgehead atoms. The highest BCUT2D eigenvalue weighted by molar-refractivity contribution is 9.10. The van der Waals surface area contributed by atoms with E-state index in [0.29, 0.717) is 15.8 Å². The molecule has 2 heterocycles. The molecule has 0 aliphatic carbocycles. The van der Waals surface area contributed by atoms with Gasteiger partial charge >= 0.3 is 0 Å². The minimum atomic E-state index is -0.688. The van der Waals surface area contributed by atoms with Gasteiger partial charge < -0.3 is 5.32 Å². The number of pyridine rings is 1. The van der Waals surface area contributed by atoms with E-state index in [-0.39, 0.29) is 10.6 Å². The Hall–Kier alpha value is -1.99. The lowest BCUT2D eigenvalue weighted by atomic mass is 10.2. The molecule has 8 heteroatoms. The summed E-state index contributed by atoms with van der Waals surface area (Å²) in [6.07, 6.45) is 3.23. The van der Waals surface area contributed by atoms with Crippen LogP contribution in [0.1, 0.15) is 10.4 Å². The van der Waals surface area contributed by atoms with E-state index in [4.69, 9.17) is 11.6 Å². The summed E-state index contributed by atoms with van der Waals surface area (Å²) in [5.41, 5.74) is 0.627. The summed E-state index contributed by atoms with van der Waals surface area (Å²) in [7, 11) is 0. The normalized spacial score (nSPS) is 10.8. The maximum Gasteiger partial charge on any atom is 0.260 e. The number of anilines is 1. The lowest BCUT2D eigenvalue weighted by molar-refractivity contribution is 0.102. The van der Waals surface area contributed by atoms with Crippen molar-refractivity contribution in [3.63, 3.8) is 0 Å². The number of amides is 1. The van der Waals surface area contributed by atoms with E-state index in [2.05, 4.69) is 31.4 Å². The second kappa shape index (κ2) is 5.42. The van der Waals surface area contributed by atoms with Crippen molar-refractivity contribution >= 4 is 44.8 Å². The molecule has 1 amide bonds. The van der Waals surface area contributed by atoms with Gasteiger partial charge in [-0.2, -0.15) is 0 Å². The maximum atomic E-state index is 13.7. The Balaban J connectivity index is 2.02. The third-order valence-corrected chi connectivity index (χ3v) is 3.55. The van der Waals surface area contributed by atoms with Crippen LogP contribution in [0.3, 0.4) is 0 Å². The molecule has 1 N–H and O–H groups in total. The number of halogens is 3. The van der Waals surface area contributed by atoms with E-state index < -0.39 is 11.7 Å². The van der Waals surface area contributed by atoms with E-state index in [1.807, 2.05) is 0 Å². The number of carbonyl (C=O) groups excluding carboxylic acids is 1. The molecule has 0 spiro atoms. The second-order valence-electron chi connectivity index (χ2n) is 4.18. The van der Waals surface area contributed by atoms with Gasteiger partial charge in [0.2, 0.25) is 0 Å². The zero-order chi connectivity index (χ0) is 15.0. The average molecular weight is 370 g/mol. The number of hydrogen-bond donors (Lipinski definition) is 1. The molecule has 2 aromatic heterocycles. The third-order valence-electron chi connectivity index (χ3n) is 2.80. The molecule has 0 radical (unpaired) electrons. The molecule has 0 saturated carbocycles. The van der Waals surface area contributed by atoms with Crippen molar-refractivity contribution in [3.8, 4) is 0 Å². The van der Waals surface area contributed by atoms with Crippen LogP contribution in [0.4, 0.5) is 10.1 Å². The first-order valence-corrected chi connectivity index (χ1v) is 6.97. The quantitative estimate of drug-likeness (QED) is 0.752. The molecular weight excluding hydrogens is 363 g/mol. The van der Waals surface area contributed by atoms with Crippen molar-refractivity contribution in [2.45, 2.75) is 0 Å². The maximum absolute atomic E-state index is 13.7. The molecule has 5 nitrogen and oxygen atoms in total. The smallest absolute Gasteiger partial charge is 0.260 e. The lowest BCUT2D eigenvalue weighted by Crippen LogP contribution is -2.15. The van der Waals surface area contributed by atoms with Crippen LogP contribution in [0.25, 0.3) is 5.65 Å². The number of nitrogens with one attached hydrogen (secondary N) is 1. The minimum Gasteiger partial charge on any atom is -0.319 e. The van der Waals surface area contributed by atoms with Gasteiger partial charge in [0.25, 0.3) is 5.91 Å². The molecule has 106 valence electrons. The standard InChI is InChI=1S/C13H7BrClFN4O/c14-7-4-10(12-19-17-6-20(12)5-7)18-13(21)11-8(15)2-1-3-9(11)16/h1-6H,(H,18,21). The van der Waals surface area contributed by atoms with E-state index >= 15 is 0 Å². The largest absolute Gasteiger partial charge is 0.319 e. The van der Waals surface area contributed by atoms with Gasteiger partial charge in [-0.1, -0.05) is 17.7 Å². The number of nitrogens with zero attached hydrogens (tertiary/aromatic N) is 3. The van der Waals surface area contributed by atoms with Crippen LogP contribution >= 0.6 is 27.5 Å². The van der Waals surface area contributed by atoms with Crippen molar-refractivity contribution in [1.82, 2.24) is 14.6 Å². The fraction of sp³-hybridized carbons (Fsp3) is 0. The second-order valence-corrected chi connectivity index (χ2v) is 5.51. The van der Waals surface area contributed by atoms with Crippen LogP contribution in [-0.4, -0.2) is 20.5 Å². The van der Waals surface area contributed by atoms with E-state index in [1.54, 1.807) is 16.7 Å². The van der Waals surface area contributed by atoms with Gasteiger partial charge in [-0.25, -0.2) is 4.39 Å². The average Bonchev–Trinajstić information content (AvgIpc) is 2.86. The van der Waals surface area contributed by atoms with Gasteiger partial charge in [0.15, 0.2) is 5.65 Å². The van der Waals surface area contributed by atoms with Gasteiger partial charge in [0, 0.05) is 10.7 Å². The Morgan fingerprint density at radius 2 is 2.24 bits per heavy atom. The van der Waals surface area contributed by atoms with Crippen LogP contribution in [0, 0.1) is 5.82 Å². The van der Waals surface area contributed by atoms with Gasteiger partial charge in [-0.05, 0) is 34.1 Å². The first-order valence-electron chi connectivity index (χ1n) is 5.80. The highest BCUT2D eigenvalue weighted by Gasteiger charge is 2.17. The topological polar surface area (TPSA) is 59.3 Å². The molecule has 21 heavy (non-hydrogen) atoms. The highest BCUT2D eigenvalue weighted by Crippen LogP contribution is 2.24. The molecule has 0 unspecified atom stereocenters. The van der Waals surface area contributed by atoms with Crippen molar-refractivity contribution in [2.24, 2.45) is 0 Å². The molecule has 3 rings (SSSR count). The first-order chi connectivity index (χ1) is 10.1. The van der Waals surface area contributed by atoms with Crippen molar-refractivity contribution in [3.05, 3.63) is 57.7 Å². The number of rotatable bonds is 2. The SMILES string of the molecule is O=C(Nc1cc(Br)cn2cnnc12)c1c(F)cccc1Cl. The Morgan fingerprint density at radius 3 is 3.00 bits per heavy atom. The molecule has 0 atom stereocenters. The lowest BCUT2D eigenvalue weighted by Gasteiger charge is -2.09. The summed E-state index contributed by atoms with van der Waals surface area (Å²) >= 11 is 9.19. The van der Waals surface area contributed by atoms with Crippen molar-refractivity contribution < 1.29 is 9.18 Å². The summed E-state index contributed by atoms with van der Waals surface area (Å²) in [4.78, 5) is 12.2. The van der Waals surface area contributed by atoms with Gasteiger partial charge in [0.05, 0.1) is 16.3 Å². The fourth-order valence-electron chi connectivity index (χ4n) is 1.89. The summed E-state index contributed by atoms with van der Waals surface area (Å²) in [5, 5.41) is 10.3. The Labute approximate surface area is 131 Å². The molecule has 1 aromatic carbocycles. The molecule has 0 aliphatic heterocycles. The van der Waals surface area contributed by atoms with Crippen molar-refractivity contribution in [1.29, 1.82) is 0 Å². The Kier molecular flexibility index (Phi) is 3.60. The minimum absolute atomic E-state index is 0.0417. The van der Waals surface area contributed by atoms with Crippen LogP contribution in [0.15, 0.2) is 41.3 Å². The Bertz CT molecular complexity index is 831. The number of fused-ring (bicyclic) bond motifs is 1. The van der Waals surface area contributed by atoms with Crippen LogP contribution in [-0.2, 0) is 0 Å². The number of benzene rings is 1. The molecule has 0 aliphatic rings. The van der Waals surface area contributed by atoms with Gasteiger partial charge in [-0.15, -0.1) is 10.2 Å². The van der Waals surface area contributed by atoms with E-state index in [0.717, 1.165) is 0 Å². The number of hydrogen-bond acceptors (Lipinski definition) is 3. The zero-order valence-electron chi connectivity index (χ0n) is 10.3. The number of carbonyl (C=O) groups is 1. The molecular formula is C13H7BrClFN4O. The summed E-state index contributed by atoms with van der Waals surface area (Å²) in [6.45, 7) is 0. The van der Waals surface area contributed by atoms with Crippen molar-refractivity contribution in [2.75, 3.05) is 5.32 Å². The van der Waals surface area contributed by atoms with Gasteiger partial charge in [-0.3, -0.25) is 9.20 Å². The van der Waals surface area contributed by atoms with E-state index in [1.165, 1.54) is 24.5 Å². The fourth-order valence-corrected chi connectivity index (χ4v) is 2.59. The predicted octanol–water partition coefficient (Wildman–Crippen LogP) is 3.54. The zero-order valence-corrected chi connectivity index (χ0v) is 12.7. The predicted molar refractivity (Wildman–Crippen MR) is 80.1 cm³/mol. The summed E-state index contributed by atoms with van der Waals surface area (Å²) in [6, 6.07) is 5.71. The van der Waals surface area contributed by atoms with Crippen LogP contribution < -0.4 is 5.32 Å². The summed E-state index contributed by atoms with van der Waals surface area (Å²) < 4.78 is 16.1. The highest BCUT2D eigenvalue weighted by atomic mass is 79.9. The first kappa shape index (κ1) is 14.0. The van der Waals surface area contributed by atoms with Gasteiger partial charge in [0.1, 0.15) is 12.1 Å². The van der Waals surface area contributed by atoms with Crippen LogP contribution in [0.2, 0.25) is 5.02 Å². The molecule has 0 saturated heterocycles. The van der Waals surface area contributed by atoms with Crippen LogP contribution in [0.5, 0.6) is 0 Å². The monoisotopic (exact) mass is 368 g/mol. The Morgan fingerprint density at radius 1 is 1.43 bits per heavy atom. The number of aromatic nitrogens is 3. The molecule has 3 aromatic rings.